The van der Waals surface area contributed by atoms with Gasteiger partial charge in [-0.25, -0.2) is 28.8 Å². The number of halogens is 4. The molecule has 30 heteroatoms. The summed E-state index contributed by atoms with van der Waals surface area (Å²) < 4.78 is 42.6. The average molecular weight is 1300 g/mol. The Bertz CT molecular complexity index is 4260. The summed E-state index contributed by atoms with van der Waals surface area (Å²) in [5.41, 5.74) is 13.9. The first-order valence-corrected chi connectivity index (χ1v) is 30.6. The number of hydrogen-bond acceptors (Lipinski definition) is 21. The Hall–Kier alpha value is -8.80. The molecule has 0 bridgehead atoms. The van der Waals surface area contributed by atoms with E-state index in [9.17, 15) is 9.18 Å². The van der Waals surface area contributed by atoms with Crippen LogP contribution < -0.4 is 31.1 Å². The van der Waals surface area contributed by atoms with E-state index in [1.165, 1.54) is 30.6 Å². The van der Waals surface area contributed by atoms with Crippen LogP contribution >= 0.6 is 34.8 Å². The highest BCUT2D eigenvalue weighted by molar-refractivity contribution is 6.33. The van der Waals surface area contributed by atoms with E-state index >= 15 is 0 Å². The average Bonchev–Trinajstić information content (AvgIpc) is 1.93. The molecule has 11 aromatic heterocycles. The van der Waals surface area contributed by atoms with E-state index in [2.05, 4.69) is 76.7 Å². The molecule has 11 aromatic rings. The molecule has 0 unspecified atom stereocenters. The summed E-state index contributed by atoms with van der Waals surface area (Å²) in [7, 11) is 0. The third kappa shape index (κ3) is 15.9. The Labute approximate surface area is 537 Å². The molecule has 26 nitrogen and oxygen atoms in total. The lowest BCUT2D eigenvalue weighted by molar-refractivity contribution is 0.102. The van der Waals surface area contributed by atoms with Gasteiger partial charge < -0.3 is 50.0 Å². The van der Waals surface area contributed by atoms with Crippen LogP contribution in [0.5, 0.6) is 0 Å². The SMILES string of the molecule is C1COCCN1.Cc1ncc(N)cc1-c1cc(N2CCOCC2)n2nccc2n1.Cc1ncc(NC(=O)c2ccnc(C(C)(C)F)c2)cc1-c1cc(N2CCOCC2)n2nccc2n1.Clc1cc(Cl)n2nccc2n1.Clc1cc(N2CCOCC2)n2nccc2n1. The van der Waals surface area contributed by atoms with Crippen molar-refractivity contribution in [2.75, 3.05) is 131 Å². The van der Waals surface area contributed by atoms with Gasteiger partial charge in [0.1, 0.15) is 38.6 Å². The molecule has 4 fully saturated rings. The van der Waals surface area contributed by atoms with Gasteiger partial charge in [0.25, 0.3) is 5.91 Å². The first kappa shape index (κ1) is 63.8. The van der Waals surface area contributed by atoms with Gasteiger partial charge in [-0.15, -0.1) is 0 Å². The highest BCUT2D eigenvalue weighted by atomic mass is 35.5. The van der Waals surface area contributed by atoms with Crippen molar-refractivity contribution in [1.29, 1.82) is 0 Å². The predicted octanol–water partition coefficient (Wildman–Crippen LogP) is 8.17. The minimum Gasteiger partial charge on any atom is -0.397 e. The van der Waals surface area contributed by atoms with E-state index in [0.29, 0.717) is 51.3 Å². The number of morpholine rings is 4. The van der Waals surface area contributed by atoms with Crippen LogP contribution in [0.2, 0.25) is 15.5 Å². The number of aromatic nitrogens is 15. The number of anilines is 5. The largest absolute Gasteiger partial charge is 0.397 e. The molecular formula is C61H67Cl3FN21O5. The molecule has 4 N–H and O–H groups in total. The zero-order chi connectivity index (χ0) is 63.4. The lowest BCUT2D eigenvalue weighted by Crippen LogP contribution is -2.37. The summed E-state index contributed by atoms with van der Waals surface area (Å²) in [4.78, 5) is 50.1. The number of hydrogen-bond donors (Lipinski definition) is 3. The molecule has 0 radical (unpaired) electrons. The third-order valence-electron chi connectivity index (χ3n) is 14.8. The van der Waals surface area contributed by atoms with Crippen LogP contribution in [0.1, 0.15) is 41.3 Å². The maximum atomic E-state index is 14.3. The van der Waals surface area contributed by atoms with Crippen molar-refractivity contribution < 1.29 is 28.1 Å². The summed E-state index contributed by atoms with van der Waals surface area (Å²) in [6.07, 6.45) is 11.5. The van der Waals surface area contributed by atoms with Gasteiger partial charge in [-0.2, -0.15) is 33.9 Å². The first-order valence-electron chi connectivity index (χ1n) is 29.4. The number of aryl methyl sites for hydroxylation is 2. The highest BCUT2D eigenvalue weighted by Crippen LogP contribution is 2.31. The standard InChI is InChI=1S/C25H26FN7O2.C16H18N6O.C10H11ClN4O.C6H3Cl2N3.C4H9NO/c1-16-19(20-14-23(32-8-10-35-11-9-32)33-22(31-20)5-7-29-33)13-18(15-28-16)30-24(34)17-4-6-27-21(12-17)25(2,3)26;1-11-13(8-12(17)10-18-11)14-9-16(21-4-6-23-7-5-21)22-15(20-14)2-3-19-22;11-8-7-10(14-3-5-16-6-4-14)15-9(13-8)1-2-12-15;7-4-3-5(8)11-6(10-4)1-2-9-11;1-3-6-4-2-5-1/h4-7,12-15H,8-11H2,1-3H3,(H,30,34);2-3,8-10H,4-7,17H2,1H3;1-2,7H,3-6H2;1-3H;5H,1-4H2. The van der Waals surface area contributed by atoms with Gasteiger partial charge in [0, 0.05) is 135 Å². The molecule has 0 atom stereocenters. The molecule has 0 spiro atoms. The number of carbonyl (C=O) groups excluding carboxylic acids is 1. The minimum atomic E-state index is -1.65. The molecule has 4 saturated heterocycles. The Balaban J connectivity index is 0.000000130. The van der Waals surface area contributed by atoms with Crippen molar-refractivity contribution in [1.82, 2.24) is 78.7 Å². The number of carbonyl (C=O) groups is 1. The van der Waals surface area contributed by atoms with Crippen molar-refractivity contribution in [3.63, 3.8) is 0 Å². The highest BCUT2D eigenvalue weighted by Gasteiger charge is 2.24. The zero-order valence-electron chi connectivity index (χ0n) is 50.5. The first-order chi connectivity index (χ1) is 44.1. The van der Waals surface area contributed by atoms with Crippen molar-refractivity contribution in [3.05, 3.63) is 154 Å². The second-order valence-corrected chi connectivity index (χ2v) is 22.7. The lowest BCUT2D eigenvalue weighted by Gasteiger charge is -2.29. The van der Waals surface area contributed by atoms with Gasteiger partial charge in [0.2, 0.25) is 0 Å². The molecular weight excluding hydrogens is 1230 g/mol. The number of ether oxygens (including phenoxy) is 4. The summed E-state index contributed by atoms with van der Waals surface area (Å²) in [6.45, 7) is 19.6. The van der Waals surface area contributed by atoms with E-state index in [0.717, 1.165) is 160 Å². The smallest absolute Gasteiger partial charge is 0.255 e. The second kappa shape index (κ2) is 29.4. The number of fused-ring (bicyclic) bond motifs is 4. The topological polar surface area (TPSA) is 273 Å². The molecule has 474 valence electrons. The number of nitrogens with zero attached hydrogens (tertiary/aromatic N) is 18. The van der Waals surface area contributed by atoms with Crippen LogP contribution in [0, 0.1) is 13.8 Å². The summed E-state index contributed by atoms with van der Waals surface area (Å²) >= 11 is 17.4. The molecule has 4 aliphatic heterocycles. The summed E-state index contributed by atoms with van der Waals surface area (Å²) in [5, 5.41) is 24.4. The van der Waals surface area contributed by atoms with Crippen LogP contribution in [-0.2, 0) is 24.6 Å². The molecule has 0 aromatic carbocycles. The predicted molar refractivity (Wildman–Crippen MR) is 346 cm³/mol. The van der Waals surface area contributed by atoms with Crippen LogP contribution in [-0.4, -0.2) is 184 Å². The number of amides is 1. The van der Waals surface area contributed by atoms with Crippen LogP contribution in [0.25, 0.3) is 45.1 Å². The molecule has 15 rings (SSSR count). The number of nitrogen functional groups attached to an aromatic ring is 1. The van der Waals surface area contributed by atoms with Crippen molar-refractivity contribution in [3.8, 4) is 22.5 Å². The Morgan fingerprint density at radius 3 is 1.46 bits per heavy atom. The maximum Gasteiger partial charge on any atom is 0.255 e. The molecule has 91 heavy (non-hydrogen) atoms. The molecule has 0 saturated carbocycles. The molecule has 0 aliphatic carbocycles. The Morgan fingerprint density at radius 2 is 0.978 bits per heavy atom. The van der Waals surface area contributed by atoms with Crippen LogP contribution in [0.15, 0.2) is 116 Å². The number of rotatable bonds is 8. The Kier molecular flexibility index (Phi) is 20.6. The van der Waals surface area contributed by atoms with Gasteiger partial charge in [0.15, 0.2) is 22.6 Å². The van der Waals surface area contributed by atoms with Gasteiger partial charge in [-0.05, 0) is 52.0 Å². The molecule has 1 amide bonds. The zero-order valence-corrected chi connectivity index (χ0v) is 52.7. The minimum absolute atomic E-state index is 0.196. The molecule has 4 aliphatic rings. The normalized spacial score (nSPS) is 15.2. The fraction of sp³-hybridized carbons (Fsp3) is 0.344. The van der Waals surface area contributed by atoms with Crippen LogP contribution in [0.3, 0.4) is 0 Å². The van der Waals surface area contributed by atoms with E-state index in [1.54, 1.807) is 59.9 Å². The fourth-order valence-electron chi connectivity index (χ4n) is 10.1. The second-order valence-electron chi connectivity index (χ2n) is 21.5. The Morgan fingerprint density at radius 1 is 0.538 bits per heavy atom. The number of pyridine rings is 3. The summed E-state index contributed by atoms with van der Waals surface area (Å²) in [6, 6.07) is 21.5. The van der Waals surface area contributed by atoms with Gasteiger partial charge in [0.05, 0.1) is 118 Å². The fourth-order valence-corrected chi connectivity index (χ4v) is 10.8. The van der Waals surface area contributed by atoms with Crippen molar-refractivity contribution in [2.45, 2.75) is 33.4 Å². The van der Waals surface area contributed by atoms with E-state index in [-0.39, 0.29) is 11.6 Å². The van der Waals surface area contributed by atoms with Gasteiger partial charge in [-0.3, -0.25) is 19.7 Å². The van der Waals surface area contributed by atoms with Crippen molar-refractivity contribution in [2.24, 2.45) is 0 Å². The van der Waals surface area contributed by atoms with Gasteiger partial charge >= 0.3 is 0 Å². The van der Waals surface area contributed by atoms with Gasteiger partial charge in [-0.1, -0.05) is 34.8 Å². The number of alkyl halides is 1. The van der Waals surface area contributed by atoms with E-state index in [4.69, 9.17) is 69.5 Å². The third-order valence-corrected chi connectivity index (χ3v) is 15.4. The number of nitrogens with one attached hydrogen (secondary N) is 2. The lowest BCUT2D eigenvalue weighted by atomic mass is 10.0. The van der Waals surface area contributed by atoms with Crippen LogP contribution in [0.4, 0.5) is 33.2 Å². The van der Waals surface area contributed by atoms with Crippen molar-refractivity contribution >= 4 is 92.1 Å². The van der Waals surface area contributed by atoms with E-state index in [1.807, 2.05) is 65.3 Å². The molecule has 15 heterocycles. The van der Waals surface area contributed by atoms with E-state index < -0.39 is 5.67 Å². The quantitative estimate of drug-likeness (QED) is 0.121. The maximum absolute atomic E-state index is 14.3. The summed E-state index contributed by atoms with van der Waals surface area (Å²) in [5.74, 6) is 2.54. The number of nitrogens with two attached hydrogens (primary N) is 1. The monoisotopic (exact) mass is 1300 g/mol.